The first kappa shape index (κ1) is 13.3. The highest BCUT2D eigenvalue weighted by molar-refractivity contribution is 5.74. The van der Waals surface area contributed by atoms with E-state index < -0.39 is 0 Å². The van der Waals surface area contributed by atoms with Gasteiger partial charge in [0.1, 0.15) is 0 Å². The SMILES string of the molecule is CCN(C)C(=O)NC(C)CN1CCOCC1. The monoisotopic (exact) mass is 229 g/mol. The summed E-state index contributed by atoms with van der Waals surface area (Å²) in [5.74, 6) is 0. The molecule has 0 spiro atoms. The van der Waals surface area contributed by atoms with Gasteiger partial charge in [-0.1, -0.05) is 0 Å². The van der Waals surface area contributed by atoms with Crippen LogP contribution >= 0.6 is 0 Å². The third kappa shape index (κ3) is 4.37. The van der Waals surface area contributed by atoms with Crippen molar-refractivity contribution in [2.24, 2.45) is 0 Å². The molecule has 1 aliphatic heterocycles. The van der Waals surface area contributed by atoms with Crippen LogP contribution in [0.4, 0.5) is 4.79 Å². The van der Waals surface area contributed by atoms with Crippen LogP contribution in [0.25, 0.3) is 0 Å². The van der Waals surface area contributed by atoms with Crippen LogP contribution in [0.2, 0.25) is 0 Å². The second-order valence-electron chi connectivity index (χ2n) is 4.28. The standard InChI is InChI=1S/C11H23N3O2/c1-4-13(3)11(15)12-10(2)9-14-5-7-16-8-6-14/h10H,4-9H2,1-3H3,(H,12,15). The van der Waals surface area contributed by atoms with Crippen LogP contribution in [-0.4, -0.2) is 68.3 Å². The third-order valence-electron chi connectivity index (χ3n) is 2.83. The Kier molecular flexibility index (Phi) is 5.55. The van der Waals surface area contributed by atoms with Crippen LogP contribution in [0.15, 0.2) is 0 Å². The predicted molar refractivity (Wildman–Crippen MR) is 63.6 cm³/mol. The Bertz CT molecular complexity index is 217. The summed E-state index contributed by atoms with van der Waals surface area (Å²) < 4.78 is 5.28. The minimum Gasteiger partial charge on any atom is -0.379 e. The van der Waals surface area contributed by atoms with Crippen molar-refractivity contribution in [3.8, 4) is 0 Å². The number of amides is 2. The van der Waals surface area contributed by atoms with Gasteiger partial charge in [0.25, 0.3) is 0 Å². The number of rotatable bonds is 4. The van der Waals surface area contributed by atoms with Crippen LogP contribution in [0.3, 0.4) is 0 Å². The average molecular weight is 229 g/mol. The summed E-state index contributed by atoms with van der Waals surface area (Å²) in [6.45, 7) is 9.16. The van der Waals surface area contributed by atoms with Gasteiger partial charge in [-0.25, -0.2) is 4.79 Å². The van der Waals surface area contributed by atoms with Gasteiger partial charge in [-0.3, -0.25) is 4.90 Å². The lowest BCUT2D eigenvalue weighted by Gasteiger charge is -2.30. The molecule has 16 heavy (non-hydrogen) atoms. The molecule has 2 amide bonds. The molecule has 0 aliphatic carbocycles. The smallest absolute Gasteiger partial charge is 0.317 e. The largest absolute Gasteiger partial charge is 0.379 e. The molecule has 1 unspecified atom stereocenters. The molecule has 0 aromatic rings. The average Bonchev–Trinajstić information content (AvgIpc) is 2.29. The van der Waals surface area contributed by atoms with Gasteiger partial charge in [-0.2, -0.15) is 0 Å². The second-order valence-corrected chi connectivity index (χ2v) is 4.28. The van der Waals surface area contributed by atoms with Crippen molar-refractivity contribution >= 4 is 6.03 Å². The fraction of sp³-hybridized carbons (Fsp3) is 0.909. The molecule has 1 heterocycles. The van der Waals surface area contributed by atoms with Gasteiger partial charge in [0.05, 0.1) is 13.2 Å². The van der Waals surface area contributed by atoms with E-state index in [0.717, 1.165) is 39.4 Å². The Morgan fingerprint density at radius 2 is 2.12 bits per heavy atom. The van der Waals surface area contributed by atoms with Crippen molar-refractivity contribution < 1.29 is 9.53 Å². The van der Waals surface area contributed by atoms with E-state index in [4.69, 9.17) is 4.74 Å². The minimum atomic E-state index is 0.00302. The number of nitrogens with zero attached hydrogens (tertiary/aromatic N) is 2. The highest BCUT2D eigenvalue weighted by Crippen LogP contribution is 1.98. The number of morpholine rings is 1. The molecule has 0 aromatic heterocycles. The number of ether oxygens (including phenoxy) is 1. The first-order valence-corrected chi connectivity index (χ1v) is 5.95. The van der Waals surface area contributed by atoms with Crippen LogP contribution in [0, 0.1) is 0 Å². The lowest BCUT2D eigenvalue weighted by molar-refractivity contribution is 0.0347. The fourth-order valence-electron chi connectivity index (χ4n) is 1.68. The van der Waals surface area contributed by atoms with Gasteiger partial charge in [0.2, 0.25) is 0 Å². The number of urea groups is 1. The van der Waals surface area contributed by atoms with E-state index in [2.05, 4.69) is 10.2 Å². The van der Waals surface area contributed by atoms with E-state index in [1.807, 2.05) is 13.8 Å². The van der Waals surface area contributed by atoms with Crippen molar-refractivity contribution in [1.29, 1.82) is 0 Å². The van der Waals surface area contributed by atoms with Crippen LogP contribution in [0.1, 0.15) is 13.8 Å². The van der Waals surface area contributed by atoms with Crippen LogP contribution in [-0.2, 0) is 4.74 Å². The molecule has 1 atom stereocenters. The van der Waals surface area contributed by atoms with Crippen LogP contribution < -0.4 is 5.32 Å². The molecule has 5 heteroatoms. The van der Waals surface area contributed by atoms with Gasteiger partial charge in [0.15, 0.2) is 0 Å². The Labute approximate surface area is 97.7 Å². The molecule has 0 radical (unpaired) electrons. The van der Waals surface area contributed by atoms with Crippen molar-refractivity contribution in [3.05, 3.63) is 0 Å². The van der Waals surface area contributed by atoms with Crippen molar-refractivity contribution in [2.75, 3.05) is 46.4 Å². The van der Waals surface area contributed by atoms with Crippen molar-refractivity contribution in [3.63, 3.8) is 0 Å². The predicted octanol–water partition coefficient (Wildman–Crippen LogP) is 0.368. The summed E-state index contributed by atoms with van der Waals surface area (Å²) >= 11 is 0. The molecular formula is C11H23N3O2. The van der Waals surface area contributed by atoms with Gasteiger partial charge in [-0.15, -0.1) is 0 Å². The topological polar surface area (TPSA) is 44.8 Å². The summed E-state index contributed by atoms with van der Waals surface area (Å²) in [5.41, 5.74) is 0. The van der Waals surface area contributed by atoms with E-state index >= 15 is 0 Å². The maximum atomic E-state index is 11.6. The summed E-state index contributed by atoms with van der Waals surface area (Å²) in [6.07, 6.45) is 0. The molecule has 1 rings (SSSR count). The van der Waals surface area contributed by atoms with E-state index in [0.29, 0.717) is 0 Å². The quantitative estimate of drug-likeness (QED) is 0.757. The number of hydrogen-bond acceptors (Lipinski definition) is 3. The highest BCUT2D eigenvalue weighted by atomic mass is 16.5. The van der Waals surface area contributed by atoms with E-state index in [1.54, 1.807) is 11.9 Å². The molecule has 1 N–H and O–H groups in total. The first-order chi connectivity index (χ1) is 7.63. The summed E-state index contributed by atoms with van der Waals surface area (Å²) in [6, 6.07) is 0.183. The Balaban J connectivity index is 2.23. The molecular weight excluding hydrogens is 206 g/mol. The Morgan fingerprint density at radius 1 is 1.50 bits per heavy atom. The third-order valence-corrected chi connectivity index (χ3v) is 2.83. The summed E-state index contributed by atoms with van der Waals surface area (Å²) in [7, 11) is 1.80. The second kappa shape index (κ2) is 6.70. The van der Waals surface area contributed by atoms with Crippen molar-refractivity contribution in [2.45, 2.75) is 19.9 Å². The first-order valence-electron chi connectivity index (χ1n) is 5.95. The van der Waals surface area contributed by atoms with Gasteiger partial charge in [-0.05, 0) is 13.8 Å². The molecule has 1 aliphatic rings. The number of nitrogens with one attached hydrogen (secondary N) is 1. The molecule has 5 nitrogen and oxygen atoms in total. The lowest BCUT2D eigenvalue weighted by atomic mass is 10.3. The maximum absolute atomic E-state index is 11.6. The molecule has 1 saturated heterocycles. The molecule has 0 saturated carbocycles. The van der Waals surface area contributed by atoms with E-state index in [1.165, 1.54) is 0 Å². The Morgan fingerprint density at radius 3 is 2.69 bits per heavy atom. The highest BCUT2D eigenvalue weighted by Gasteiger charge is 2.16. The maximum Gasteiger partial charge on any atom is 0.317 e. The summed E-state index contributed by atoms with van der Waals surface area (Å²) in [5, 5.41) is 2.98. The number of carbonyl (C=O) groups excluding carboxylic acids is 1. The van der Waals surface area contributed by atoms with E-state index in [-0.39, 0.29) is 12.1 Å². The molecule has 0 bridgehead atoms. The number of hydrogen-bond donors (Lipinski definition) is 1. The van der Waals surface area contributed by atoms with Gasteiger partial charge >= 0.3 is 6.03 Å². The number of carbonyl (C=O) groups is 1. The van der Waals surface area contributed by atoms with E-state index in [9.17, 15) is 4.79 Å². The van der Waals surface area contributed by atoms with Gasteiger partial charge in [0, 0.05) is 39.3 Å². The Hall–Kier alpha value is -0.810. The van der Waals surface area contributed by atoms with Crippen molar-refractivity contribution in [1.82, 2.24) is 15.1 Å². The zero-order valence-corrected chi connectivity index (χ0v) is 10.5. The van der Waals surface area contributed by atoms with Gasteiger partial charge < -0.3 is 15.0 Å². The zero-order chi connectivity index (χ0) is 12.0. The summed E-state index contributed by atoms with van der Waals surface area (Å²) in [4.78, 5) is 15.6. The molecule has 0 aromatic carbocycles. The zero-order valence-electron chi connectivity index (χ0n) is 10.5. The normalized spacial score (nSPS) is 19.2. The van der Waals surface area contributed by atoms with Crippen LogP contribution in [0.5, 0.6) is 0 Å². The fourth-order valence-corrected chi connectivity index (χ4v) is 1.68. The molecule has 94 valence electrons. The lowest BCUT2D eigenvalue weighted by Crippen LogP contribution is -2.48. The minimum absolute atomic E-state index is 0.00302. The molecule has 1 fully saturated rings.